The van der Waals surface area contributed by atoms with Crippen molar-refractivity contribution in [3.63, 3.8) is 0 Å². The van der Waals surface area contributed by atoms with Gasteiger partial charge in [-0.05, 0) is 61.9 Å². The van der Waals surface area contributed by atoms with Crippen LogP contribution in [0.5, 0.6) is 11.5 Å². The van der Waals surface area contributed by atoms with Crippen LogP contribution in [-0.2, 0) is 14.3 Å². The van der Waals surface area contributed by atoms with Crippen LogP contribution in [0, 0.1) is 0 Å². The molecule has 0 bridgehead atoms. The Labute approximate surface area is 205 Å². The maximum absolute atomic E-state index is 13.0. The summed E-state index contributed by atoms with van der Waals surface area (Å²) in [5.74, 6) is 0.105. The van der Waals surface area contributed by atoms with Crippen LogP contribution in [0.15, 0.2) is 41.3 Å². The Balaban J connectivity index is 1.78. The van der Waals surface area contributed by atoms with Crippen molar-refractivity contribution in [2.45, 2.75) is 13.8 Å². The number of thiocarbonyl (C=S) groups is 1. The van der Waals surface area contributed by atoms with Gasteiger partial charge in [0.25, 0.3) is 5.91 Å². The van der Waals surface area contributed by atoms with Gasteiger partial charge in [-0.2, -0.15) is 0 Å². The lowest BCUT2D eigenvalue weighted by Crippen LogP contribution is -2.27. The van der Waals surface area contributed by atoms with Gasteiger partial charge in [0.2, 0.25) is 0 Å². The maximum atomic E-state index is 13.0. The fraction of sp³-hybridized carbons (Fsp3) is 0.227. The number of hydrogen-bond donors (Lipinski definition) is 0. The third-order valence-electron chi connectivity index (χ3n) is 4.16. The van der Waals surface area contributed by atoms with Gasteiger partial charge in [0.05, 0.1) is 33.9 Å². The largest absolute Gasteiger partial charge is 0.494 e. The lowest BCUT2D eigenvalue weighted by atomic mass is 10.2. The molecule has 0 N–H and O–H groups in total. The molecule has 2 aromatic carbocycles. The highest BCUT2D eigenvalue weighted by molar-refractivity contribution is 8.27. The Kier molecular flexibility index (Phi) is 8.42. The maximum Gasteiger partial charge on any atom is 0.344 e. The molecule has 1 aliphatic rings. The average Bonchev–Trinajstić information content (AvgIpc) is 3.01. The molecule has 2 aromatic rings. The van der Waals surface area contributed by atoms with E-state index in [2.05, 4.69) is 0 Å². The van der Waals surface area contributed by atoms with E-state index in [9.17, 15) is 9.59 Å². The van der Waals surface area contributed by atoms with E-state index in [1.54, 1.807) is 49.4 Å². The quantitative estimate of drug-likeness (QED) is 0.254. The molecule has 0 aliphatic carbocycles. The first-order chi connectivity index (χ1) is 15.3. The summed E-state index contributed by atoms with van der Waals surface area (Å²) in [6.07, 6.45) is 1.65. The molecule has 0 spiro atoms. The van der Waals surface area contributed by atoms with Crippen LogP contribution in [0.1, 0.15) is 19.4 Å². The second kappa shape index (κ2) is 11.0. The van der Waals surface area contributed by atoms with Gasteiger partial charge >= 0.3 is 5.97 Å². The minimum Gasteiger partial charge on any atom is -0.494 e. The average molecular weight is 512 g/mol. The molecular formula is C22H19Cl2NO5S2. The van der Waals surface area contributed by atoms with E-state index in [-0.39, 0.29) is 34.9 Å². The highest BCUT2D eigenvalue weighted by atomic mass is 35.5. The van der Waals surface area contributed by atoms with E-state index in [1.165, 1.54) is 16.7 Å². The number of carbonyl (C=O) groups excluding carboxylic acids is 2. The van der Waals surface area contributed by atoms with Crippen molar-refractivity contribution >= 4 is 75.1 Å². The number of amides is 1. The standard InChI is InChI=1S/C22H19Cl2NO5S2/c1-3-28-15-7-5-14(6-8-15)25-21(27)18(32-22(25)31)11-13-9-16(23)20(17(24)10-13)30-12-19(26)29-4-2/h5-11H,3-4,12H2,1-2H3/b18-11-. The number of benzene rings is 2. The van der Waals surface area contributed by atoms with E-state index < -0.39 is 5.97 Å². The summed E-state index contributed by atoms with van der Waals surface area (Å²) in [6.45, 7) is 4.09. The first-order valence-corrected chi connectivity index (χ1v) is 11.6. The predicted molar refractivity (Wildman–Crippen MR) is 132 cm³/mol. The highest BCUT2D eigenvalue weighted by Crippen LogP contribution is 2.39. The second-order valence-corrected chi connectivity index (χ2v) is 8.84. The molecule has 1 saturated heterocycles. The minimum atomic E-state index is -0.526. The molecule has 1 fully saturated rings. The molecule has 0 radical (unpaired) electrons. The van der Waals surface area contributed by atoms with Crippen LogP contribution >= 0.6 is 47.2 Å². The highest BCUT2D eigenvalue weighted by Gasteiger charge is 2.33. The summed E-state index contributed by atoms with van der Waals surface area (Å²) in [5, 5.41) is 0.407. The molecular weight excluding hydrogens is 493 g/mol. The number of esters is 1. The van der Waals surface area contributed by atoms with Crippen LogP contribution in [0.25, 0.3) is 6.08 Å². The molecule has 1 heterocycles. The predicted octanol–water partition coefficient (Wildman–Crippen LogP) is 5.74. The molecule has 0 aromatic heterocycles. The van der Waals surface area contributed by atoms with Gasteiger partial charge in [0, 0.05) is 0 Å². The molecule has 10 heteroatoms. The normalized spacial score (nSPS) is 14.8. The first kappa shape index (κ1) is 24.4. The van der Waals surface area contributed by atoms with Gasteiger partial charge < -0.3 is 14.2 Å². The number of nitrogens with zero attached hydrogens (tertiary/aromatic N) is 1. The van der Waals surface area contributed by atoms with Crippen LogP contribution in [0.3, 0.4) is 0 Å². The molecule has 0 saturated carbocycles. The summed E-state index contributed by atoms with van der Waals surface area (Å²) < 4.78 is 16.0. The van der Waals surface area contributed by atoms with E-state index in [1.807, 2.05) is 6.92 Å². The molecule has 0 unspecified atom stereocenters. The second-order valence-electron chi connectivity index (χ2n) is 6.35. The van der Waals surface area contributed by atoms with E-state index in [0.29, 0.717) is 32.8 Å². The van der Waals surface area contributed by atoms with Crippen molar-refractivity contribution in [2.24, 2.45) is 0 Å². The third kappa shape index (κ3) is 5.75. The fourth-order valence-electron chi connectivity index (χ4n) is 2.83. The van der Waals surface area contributed by atoms with Gasteiger partial charge in [-0.25, -0.2) is 4.79 Å². The van der Waals surface area contributed by atoms with Gasteiger partial charge in [-0.15, -0.1) is 0 Å². The summed E-state index contributed by atoms with van der Waals surface area (Å²) in [7, 11) is 0. The summed E-state index contributed by atoms with van der Waals surface area (Å²) in [6, 6.07) is 10.3. The van der Waals surface area contributed by atoms with Crippen molar-refractivity contribution in [1.82, 2.24) is 0 Å². The van der Waals surface area contributed by atoms with Crippen molar-refractivity contribution in [3.8, 4) is 11.5 Å². The van der Waals surface area contributed by atoms with Crippen molar-refractivity contribution in [2.75, 3.05) is 24.7 Å². The smallest absolute Gasteiger partial charge is 0.344 e. The Hall–Kier alpha value is -2.26. The lowest BCUT2D eigenvalue weighted by molar-refractivity contribution is -0.145. The molecule has 6 nitrogen and oxygen atoms in total. The molecule has 1 amide bonds. The van der Waals surface area contributed by atoms with Crippen LogP contribution < -0.4 is 14.4 Å². The van der Waals surface area contributed by atoms with E-state index in [0.717, 1.165) is 0 Å². The Morgan fingerprint density at radius 1 is 1.09 bits per heavy atom. The van der Waals surface area contributed by atoms with E-state index in [4.69, 9.17) is 49.6 Å². The van der Waals surface area contributed by atoms with Crippen LogP contribution in [0.2, 0.25) is 10.0 Å². The van der Waals surface area contributed by atoms with Crippen LogP contribution in [0.4, 0.5) is 5.69 Å². The summed E-state index contributed by atoms with van der Waals surface area (Å²) >= 11 is 19.2. The zero-order valence-corrected chi connectivity index (χ0v) is 20.4. The monoisotopic (exact) mass is 511 g/mol. The van der Waals surface area contributed by atoms with Crippen molar-refractivity contribution in [1.29, 1.82) is 0 Å². The summed E-state index contributed by atoms with van der Waals surface area (Å²) in [4.78, 5) is 26.4. The van der Waals surface area contributed by atoms with Gasteiger partial charge in [0.1, 0.15) is 5.75 Å². The number of hydrogen-bond acceptors (Lipinski definition) is 7. The lowest BCUT2D eigenvalue weighted by Gasteiger charge is -2.15. The molecule has 3 rings (SSSR count). The topological polar surface area (TPSA) is 65.1 Å². The van der Waals surface area contributed by atoms with Crippen LogP contribution in [-0.4, -0.2) is 36.0 Å². The zero-order valence-electron chi connectivity index (χ0n) is 17.2. The fourth-order valence-corrected chi connectivity index (χ4v) is 4.75. The number of halogens is 2. The Morgan fingerprint density at radius 2 is 1.75 bits per heavy atom. The molecule has 1 aliphatic heterocycles. The molecule has 32 heavy (non-hydrogen) atoms. The van der Waals surface area contributed by atoms with Crippen molar-refractivity contribution < 1.29 is 23.8 Å². The Bertz CT molecular complexity index is 1050. The van der Waals surface area contributed by atoms with Crippen molar-refractivity contribution in [3.05, 3.63) is 56.9 Å². The number of thioether (sulfide) groups is 1. The zero-order chi connectivity index (χ0) is 23.3. The van der Waals surface area contributed by atoms with Gasteiger partial charge in [-0.3, -0.25) is 9.69 Å². The number of ether oxygens (including phenoxy) is 3. The number of carbonyl (C=O) groups is 2. The number of rotatable bonds is 8. The third-order valence-corrected chi connectivity index (χ3v) is 6.02. The Morgan fingerprint density at radius 3 is 2.34 bits per heavy atom. The minimum absolute atomic E-state index is 0.167. The number of anilines is 1. The molecule has 168 valence electrons. The summed E-state index contributed by atoms with van der Waals surface area (Å²) in [5.41, 5.74) is 1.24. The van der Waals surface area contributed by atoms with Gasteiger partial charge in [-0.1, -0.05) is 47.2 Å². The molecule has 0 atom stereocenters. The van der Waals surface area contributed by atoms with E-state index >= 15 is 0 Å². The SMILES string of the molecule is CCOC(=O)COc1c(Cl)cc(/C=C2\SC(=S)N(c3ccc(OCC)cc3)C2=O)cc1Cl. The van der Waals surface area contributed by atoms with Gasteiger partial charge in [0.15, 0.2) is 16.7 Å². The first-order valence-electron chi connectivity index (χ1n) is 9.62.